The number of amides is 1. The molecule has 1 aliphatic carbocycles. The molecule has 1 aliphatic heterocycles. The molecule has 0 radical (unpaired) electrons. The number of carbonyl (C=O) groups excluding carboxylic acids is 1. The number of nitrogens with zero attached hydrogens (tertiary/aromatic N) is 2. The van der Waals surface area contributed by atoms with Gasteiger partial charge in [0, 0.05) is 48.8 Å². The molecule has 2 aliphatic rings. The number of anilines is 1. The number of carbonyl (C=O) groups is 1. The number of nitrogens with one attached hydrogen (secondary N) is 1. The lowest BCUT2D eigenvalue weighted by atomic mass is 10.1. The zero-order valence-electron chi connectivity index (χ0n) is 15.7. The molecule has 2 fully saturated rings. The van der Waals surface area contributed by atoms with Crippen molar-refractivity contribution in [2.24, 2.45) is 5.92 Å². The summed E-state index contributed by atoms with van der Waals surface area (Å²) >= 11 is 3.47. The second-order valence-electron chi connectivity index (χ2n) is 7.64. The Labute approximate surface area is 169 Å². The van der Waals surface area contributed by atoms with Gasteiger partial charge >= 0.3 is 0 Å². The maximum absolute atomic E-state index is 12.6. The van der Waals surface area contributed by atoms with Crippen molar-refractivity contribution in [3.63, 3.8) is 0 Å². The van der Waals surface area contributed by atoms with Crippen molar-refractivity contribution >= 4 is 27.5 Å². The van der Waals surface area contributed by atoms with Crippen molar-refractivity contribution in [3.8, 4) is 0 Å². The van der Waals surface area contributed by atoms with E-state index >= 15 is 0 Å². The normalized spacial score (nSPS) is 22.5. The fraction of sp³-hybridized carbons (Fsp3) is 0.409. The van der Waals surface area contributed by atoms with Crippen LogP contribution in [0.4, 0.5) is 5.69 Å². The number of halogens is 1. The summed E-state index contributed by atoms with van der Waals surface area (Å²) in [6, 6.07) is 16.8. The topological polar surface area (TPSA) is 35.6 Å². The Morgan fingerprint density at radius 3 is 2.52 bits per heavy atom. The summed E-state index contributed by atoms with van der Waals surface area (Å²) in [5.41, 5.74) is 3.72. The molecule has 0 spiro atoms. The Kier molecular flexibility index (Phi) is 5.50. The molecule has 0 aromatic heterocycles. The molecule has 142 valence electrons. The minimum Gasteiger partial charge on any atom is -0.369 e. The van der Waals surface area contributed by atoms with Gasteiger partial charge in [-0.2, -0.15) is 0 Å². The van der Waals surface area contributed by atoms with Crippen molar-refractivity contribution in [1.29, 1.82) is 0 Å². The molecule has 2 atom stereocenters. The van der Waals surface area contributed by atoms with Crippen LogP contribution >= 0.6 is 15.9 Å². The van der Waals surface area contributed by atoms with E-state index in [0.717, 1.165) is 37.1 Å². The van der Waals surface area contributed by atoms with Gasteiger partial charge in [0.25, 0.3) is 0 Å². The molecule has 2 aromatic carbocycles. The number of piperazine rings is 1. The summed E-state index contributed by atoms with van der Waals surface area (Å²) in [6.45, 7) is 4.84. The summed E-state index contributed by atoms with van der Waals surface area (Å²) in [5.74, 6) is 0.657. The third-order valence-electron chi connectivity index (χ3n) is 5.71. The number of para-hydroxylation sites is 1. The summed E-state index contributed by atoms with van der Waals surface area (Å²) in [7, 11) is 2.17. The van der Waals surface area contributed by atoms with E-state index in [2.05, 4.69) is 86.6 Å². The predicted molar refractivity (Wildman–Crippen MR) is 113 cm³/mol. The Morgan fingerprint density at radius 1 is 1.07 bits per heavy atom. The SMILES string of the molecule is CN1CCN(c2ccccc2CNC(=O)C2CC2c2ccc(Br)cc2)CC1. The first kappa shape index (κ1) is 18.5. The molecule has 4 rings (SSSR count). The van der Waals surface area contributed by atoms with Crippen LogP contribution in [-0.4, -0.2) is 44.0 Å². The predicted octanol–water partition coefficient (Wildman–Crippen LogP) is 3.62. The highest BCUT2D eigenvalue weighted by atomic mass is 79.9. The van der Waals surface area contributed by atoms with Crippen LogP contribution in [0.5, 0.6) is 0 Å². The first-order valence-corrected chi connectivity index (χ1v) is 10.5. The summed E-state index contributed by atoms with van der Waals surface area (Å²) in [6.07, 6.45) is 0.952. The number of likely N-dealkylation sites (N-methyl/N-ethyl adjacent to an activating group) is 1. The van der Waals surface area contributed by atoms with Crippen LogP contribution < -0.4 is 10.2 Å². The van der Waals surface area contributed by atoms with Gasteiger partial charge in [0.15, 0.2) is 0 Å². The van der Waals surface area contributed by atoms with Gasteiger partial charge in [0.1, 0.15) is 0 Å². The van der Waals surface area contributed by atoms with E-state index in [0.29, 0.717) is 12.5 Å². The highest BCUT2D eigenvalue weighted by Gasteiger charge is 2.43. The average molecular weight is 428 g/mol. The van der Waals surface area contributed by atoms with Crippen molar-refractivity contribution in [1.82, 2.24) is 10.2 Å². The zero-order valence-corrected chi connectivity index (χ0v) is 17.3. The molecule has 5 heteroatoms. The van der Waals surface area contributed by atoms with Crippen LogP contribution in [-0.2, 0) is 11.3 Å². The van der Waals surface area contributed by atoms with Gasteiger partial charge in [-0.1, -0.05) is 46.3 Å². The number of hydrogen-bond acceptors (Lipinski definition) is 3. The minimum absolute atomic E-state index is 0.113. The lowest BCUT2D eigenvalue weighted by Crippen LogP contribution is -2.45. The molecule has 1 heterocycles. The van der Waals surface area contributed by atoms with Gasteiger partial charge in [-0.3, -0.25) is 4.79 Å². The fourth-order valence-corrected chi connectivity index (χ4v) is 4.16. The van der Waals surface area contributed by atoms with E-state index in [-0.39, 0.29) is 11.8 Å². The molecule has 4 nitrogen and oxygen atoms in total. The Hall–Kier alpha value is -1.85. The van der Waals surface area contributed by atoms with E-state index in [1.54, 1.807) is 0 Å². The number of benzene rings is 2. The Bertz CT molecular complexity index is 799. The van der Waals surface area contributed by atoms with E-state index < -0.39 is 0 Å². The molecule has 1 saturated heterocycles. The average Bonchev–Trinajstić information content (AvgIpc) is 3.49. The third-order valence-corrected chi connectivity index (χ3v) is 6.24. The van der Waals surface area contributed by atoms with E-state index in [9.17, 15) is 4.79 Å². The van der Waals surface area contributed by atoms with Gasteiger partial charge in [-0.05, 0) is 48.7 Å². The van der Waals surface area contributed by atoms with Crippen LogP contribution in [0.15, 0.2) is 53.0 Å². The lowest BCUT2D eigenvalue weighted by Gasteiger charge is -2.35. The van der Waals surface area contributed by atoms with Gasteiger partial charge in [0.2, 0.25) is 5.91 Å². The van der Waals surface area contributed by atoms with Crippen LogP contribution in [0.1, 0.15) is 23.5 Å². The van der Waals surface area contributed by atoms with Crippen LogP contribution in [0.2, 0.25) is 0 Å². The maximum atomic E-state index is 12.6. The molecular weight excluding hydrogens is 402 g/mol. The molecular formula is C22H26BrN3O. The fourth-order valence-electron chi connectivity index (χ4n) is 3.89. The van der Waals surface area contributed by atoms with E-state index in [1.165, 1.54) is 16.8 Å². The molecule has 0 bridgehead atoms. The van der Waals surface area contributed by atoms with E-state index in [4.69, 9.17) is 0 Å². The number of hydrogen-bond donors (Lipinski definition) is 1. The largest absolute Gasteiger partial charge is 0.369 e. The molecule has 1 amide bonds. The molecule has 2 unspecified atom stereocenters. The van der Waals surface area contributed by atoms with Crippen LogP contribution in [0.3, 0.4) is 0 Å². The summed E-state index contributed by atoms with van der Waals surface area (Å²) < 4.78 is 1.08. The summed E-state index contributed by atoms with van der Waals surface area (Å²) in [5, 5.41) is 3.18. The second-order valence-corrected chi connectivity index (χ2v) is 8.55. The Balaban J connectivity index is 1.35. The van der Waals surface area contributed by atoms with Crippen molar-refractivity contribution in [3.05, 3.63) is 64.1 Å². The molecule has 1 saturated carbocycles. The monoisotopic (exact) mass is 427 g/mol. The van der Waals surface area contributed by atoms with Crippen molar-refractivity contribution < 1.29 is 4.79 Å². The summed E-state index contributed by atoms with van der Waals surface area (Å²) in [4.78, 5) is 17.4. The molecule has 27 heavy (non-hydrogen) atoms. The first-order chi connectivity index (χ1) is 13.1. The highest BCUT2D eigenvalue weighted by Crippen LogP contribution is 2.47. The van der Waals surface area contributed by atoms with E-state index in [1.807, 2.05) is 0 Å². The van der Waals surface area contributed by atoms with Crippen LogP contribution in [0, 0.1) is 5.92 Å². The van der Waals surface area contributed by atoms with Gasteiger partial charge in [-0.15, -0.1) is 0 Å². The number of rotatable bonds is 5. The minimum atomic E-state index is 0.113. The lowest BCUT2D eigenvalue weighted by molar-refractivity contribution is -0.122. The maximum Gasteiger partial charge on any atom is 0.224 e. The zero-order chi connectivity index (χ0) is 18.8. The smallest absolute Gasteiger partial charge is 0.224 e. The van der Waals surface area contributed by atoms with Gasteiger partial charge in [-0.25, -0.2) is 0 Å². The standard InChI is InChI=1S/C22H26BrN3O/c1-25-10-12-26(13-11-25)21-5-3-2-4-17(21)15-24-22(27)20-14-19(20)16-6-8-18(23)9-7-16/h2-9,19-20H,10-15H2,1H3,(H,24,27). The molecule has 1 N–H and O–H groups in total. The Morgan fingerprint density at radius 2 is 1.78 bits per heavy atom. The highest BCUT2D eigenvalue weighted by molar-refractivity contribution is 9.10. The third kappa shape index (κ3) is 4.36. The second kappa shape index (κ2) is 8.03. The van der Waals surface area contributed by atoms with Crippen molar-refractivity contribution in [2.45, 2.75) is 18.9 Å². The molecule has 2 aromatic rings. The van der Waals surface area contributed by atoms with Gasteiger partial charge < -0.3 is 15.1 Å². The van der Waals surface area contributed by atoms with Crippen molar-refractivity contribution in [2.75, 3.05) is 38.1 Å². The quantitative estimate of drug-likeness (QED) is 0.791. The van der Waals surface area contributed by atoms with Crippen LogP contribution in [0.25, 0.3) is 0 Å². The van der Waals surface area contributed by atoms with Gasteiger partial charge in [0.05, 0.1) is 0 Å². The first-order valence-electron chi connectivity index (χ1n) is 9.66.